The molecule has 4 rings (SSSR count). The van der Waals surface area contributed by atoms with Crippen LogP contribution in [-0.2, 0) is 9.53 Å². The van der Waals surface area contributed by atoms with Gasteiger partial charge in [-0.1, -0.05) is 18.2 Å². The Morgan fingerprint density at radius 3 is 2.36 bits per heavy atom. The molecular weight excluding hydrogens is 462 g/mol. The number of urea groups is 1. The number of benzene rings is 2. The maximum Gasteiger partial charge on any atom is 0.339 e. The highest BCUT2D eigenvalue weighted by atomic mass is 16.5. The summed E-state index contributed by atoms with van der Waals surface area (Å²) in [5.41, 5.74) is 3.25. The third-order valence-corrected chi connectivity index (χ3v) is 5.54. The number of ether oxygens (including phenoxy) is 2. The van der Waals surface area contributed by atoms with Gasteiger partial charge in [-0.2, -0.15) is 5.10 Å². The Kier molecular flexibility index (Phi) is 6.95. The number of imide groups is 1. The second-order valence-corrected chi connectivity index (χ2v) is 7.93. The predicted octanol–water partition coefficient (Wildman–Crippen LogP) is 3.41. The molecule has 184 valence electrons. The largest absolute Gasteiger partial charge is 0.497 e. The van der Waals surface area contributed by atoms with E-state index in [9.17, 15) is 14.4 Å². The lowest BCUT2D eigenvalue weighted by atomic mass is 10.1. The van der Waals surface area contributed by atoms with E-state index in [1.54, 1.807) is 36.9 Å². The fraction of sp³-hybridized carbons (Fsp3) is 0.192. The molecule has 10 nitrogen and oxygen atoms in total. The Hall–Kier alpha value is -4.73. The SMILES string of the molecule is CNC(=O)NC(=O)C(C)OC(=O)c1cc(-c2ccc(OC)cc2)nc2c1c(C)nn2-c1ccccc1. The highest BCUT2D eigenvalue weighted by molar-refractivity contribution is 6.06. The monoisotopic (exact) mass is 487 g/mol. The van der Waals surface area contributed by atoms with Crippen molar-refractivity contribution in [3.05, 3.63) is 71.9 Å². The lowest BCUT2D eigenvalue weighted by Gasteiger charge is -2.14. The summed E-state index contributed by atoms with van der Waals surface area (Å²) in [6.45, 7) is 3.16. The molecule has 0 saturated heterocycles. The zero-order chi connectivity index (χ0) is 25.8. The summed E-state index contributed by atoms with van der Waals surface area (Å²) in [5.74, 6) is -0.812. The Bertz CT molecular complexity index is 1430. The first-order valence-electron chi connectivity index (χ1n) is 11.2. The third-order valence-electron chi connectivity index (χ3n) is 5.54. The Labute approximate surface area is 207 Å². The van der Waals surface area contributed by atoms with Crippen molar-refractivity contribution in [2.75, 3.05) is 14.2 Å². The highest BCUT2D eigenvalue weighted by Gasteiger charge is 2.25. The zero-order valence-corrected chi connectivity index (χ0v) is 20.2. The molecule has 0 aliphatic carbocycles. The quantitative estimate of drug-likeness (QED) is 0.399. The molecule has 0 saturated carbocycles. The number of hydrogen-bond donors (Lipinski definition) is 2. The molecule has 4 aromatic rings. The van der Waals surface area contributed by atoms with Crippen LogP contribution in [0.5, 0.6) is 5.75 Å². The molecule has 0 spiro atoms. The first-order valence-corrected chi connectivity index (χ1v) is 11.2. The number of nitrogens with zero attached hydrogens (tertiary/aromatic N) is 3. The van der Waals surface area contributed by atoms with Gasteiger partial charge in [0.1, 0.15) is 5.75 Å². The average molecular weight is 488 g/mol. The minimum Gasteiger partial charge on any atom is -0.497 e. The summed E-state index contributed by atoms with van der Waals surface area (Å²) in [6.07, 6.45) is -1.22. The number of fused-ring (bicyclic) bond motifs is 1. The number of esters is 1. The van der Waals surface area contributed by atoms with Crippen molar-refractivity contribution in [2.24, 2.45) is 0 Å². The van der Waals surface area contributed by atoms with Crippen LogP contribution < -0.4 is 15.4 Å². The topological polar surface area (TPSA) is 124 Å². The molecule has 1 atom stereocenters. The van der Waals surface area contributed by atoms with E-state index < -0.39 is 24.0 Å². The van der Waals surface area contributed by atoms with E-state index >= 15 is 0 Å². The van der Waals surface area contributed by atoms with Gasteiger partial charge in [-0.3, -0.25) is 10.1 Å². The number of carbonyl (C=O) groups is 3. The van der Waals surface area contributed by atoms with Gasteiger partial charge >= 0.3 is 12.0 Å². The molecule has 1 unspecified atom stereocenters. The number of para-hydroxylation sites is 1. The summed E-state index contributed by atoms with van der Waals surface area (Å²) >= 11 is 0. The molecule has 0 radical (unpaired) electrons. The normalized spacial score (nSPS) is 11.6. The number of amides is 3. The van der Waals surface area contributed by atoms with Gasteiger partial charge in [-0.15, -0.1) is 0 Å². The van der Waals surface area contributed by atoms with Crippen LogP contribution in [0.25, 0.3) is 28.0 Å². The van der Waals surface area contributed by atoms with Crippen LogP contribution in [0.2, 0.25) is 0 Å². The van der Waals surface area contributed by atoms with Crippen molar-refractivity contribution < 1.29 is 23.9 Å². The van der Waals surface area contributed by atoms with E-state index in [0.29, 0.717) is 28.2 Å². The fourth-order valence-electron chi connectivity index (χ4n) is 3.66. The maximum atomic E-state index is 13.3. The second kappa shape index (κ2) is 10.3. The second-order valence-electron chi connectivity index (χ2n) is 7.93. The molecule has 36 heavy (non-hydrogen) atoms. The van der Waals surface area contributed by atoms with Crippen LogP contribution >= 0.6 is 0 Å². The first kappa shape index (κ1) is 24.4. The minimum atomic E-state index is -1.22. The first-order chi connectivity index (χ1) is 17.3. The van der Waals surface area contributed by atoms with Gasteiger partial charge < -0.3 is 14.8 Å². The van der Waals surface area contributed by atoms with E-state index in [-0.39, 0.29) is 5.56 Å². The molecule has 2 heterocycles. The van der Waals surface area contributed by atoms with Gasteiger partial charge in [-0.25, -0.2) is 19.3 Å². The fourth-order valence-corrected chi connectivity index (χ4v) is 3.66. The molecule has 2 aromatic carbocycles. The van der Waals surface area contributed by atoms with Crippen LogP contribution in [0.15, 0.2) is 60.7 Å². The lowest BCUT2D eigenvalue weighted by molar-refractivity contribution is -0.127. The van der Waals surface area contributed by atoms with Crippen LogP contribution in [0.4, 0.5) is 4.79 Å². The summed E-state index contributed by atoms with van der Waals surface area (Å²) in [6, 6.07) is 17.6. The highest BCUT2D eigenvalue weighted by Crippen LogP contribution is 2.30. The maximum absolute atomic E-state index is 13.3. The number of methoxy groups -OCH3 is 1. The lowest BCUT2D eigenvalue weighted by Crippen LogP contribution is -2.43. The van der Waals surface area contributed by atoms with E-state index in [4.69, 9.17) is 14.5 Å². The van der Waals surface area contributed by atoms with Crippen molar-refractivity contribution in [3.63, 3.8) is 0 Å². The number of carbonyl (C=O) groups excluding carboxylic acids is 3. The number of aryl methyl sites for hydroxylation is 1. The van der Waals surface area contributed by atoms with Gasteiger partial charge in [0, 0.05) is 12.6 Å². The van der Waals surface area contributed by atoms with Crippen molar-refractivity contribution in [2.45, 2.75) is 20.0 Å². The summed E-state index contributed by atoms with van der Waals surface area (Å²) in [5, 5.41) is 9.51. The Morgan fingerprint density at radius 2 is 1.72 bits per heavy atom. The molecular formula is C26H25N5O5. The summed E-state index contributed by atoms with van der Waals surface area (Å²) < 4.78 is 12.3. The van der Waals surface area contributed by atoms with Crippen molar-refractivity contribution in [3.8, 4) is 22.7 Å². The Balaban J connectivity index is 1.82. The molecule has 0 bridgehead atoms. The van der Waals surface area contributed by atoms with Crippen LogP contribution in [0.3, 0.4) is 0 Å². The predicted molar refractivity (Wildman–Crippen MR) is 133 cm³/mol. The smallest absolute Gasteiger partial charge is 0.339 e. The van der Waals surface area contributed by atoms with Crippen LogP contribution in [0, 0.1) is 6.92 Å². The number of nitrogens with one attached hydrogen (secondary N) is 2. The van der Waals surface area contributed by atoms with Crippen LogP contribution in [-0.4, -0.2) is 52.9 Å². The zero-order valence-electron chi connectivity index (χ0n) is 20.2. The van der Waals surface area contributed by atoms with Gasteiger partial charge in [0.05, 0.1) is 35.1 Å². The number of aromatic nitrogens is 3. The van der Waals surface area contributed by atoms with Crippen molar-refractivity contribution >= 4 is 28.9 Å². The van der Waals surface area contributed by atoms with E-state index in [1.165, 1.54) is 14.0 Å². The van der Waals surface area contributed by atoms with E-state index in [0.717, 1.165) is 11.3 Å². The molecule has 3 amide bonds. The third kappa shape index (κ3) is 4.88. The van der Waals surface area contributed by atoms with E-state index in [1.807, 2.05) is 42.5 Å². The standard InChI is InChI=1S/C26H25N5O5/c1-15-22-20(25(33)36-16(2)24(32)29-26(34)27-3)14-21(17-10-12-19(35-4)13-11-17)28-23(22)31(30-15)18-8-6-5-7-9-18/h5-14,16H,1-4H3,(H2,27,29,32,34). The molecule has 2 aromatic heterocycles. The van der Waals surface area contributed by atoms with E-state index in [2.05, 4.69) is 15.7 Å². The van der Waals surface area contributed by atoms with Gasteiger partial charge in [0.2, 0.25) is 0 Å². The van der Waals surface area contributed by atoms with Crippen molar-refractivity contribution in [1.82, 2.24) is 25.4 Å². The summed E-state index contributed by atoms with van der Waals surface area (Å²) in [7, 11) is 2.96. The van der Waals surface area contributed by atoms with Gasteiger partial charge in [0.15, 0.2) is 11.8 Å². The van der Waals surface area contributed by atoms with Gasteiger partial charge in [-0.05, 0) is 56.3 Å². The minimum absolute atomic E-state index is 0.199. The van der Waals surface area contributed by atoms with Crippen LogP contribution in [0.1, 0.15) is 23.0 Å². The average Bonchev–Trinajstić information content (AvgIpc) is 3.24. The molecule has 0 aliphatic heterocycles. The van der Waals surface area contributed by atoms with Gasteiger partial charge in [0.25, 0.3) is 5.91 Å². The summed E-state index contributed by atoms with van der Waals surface area (Å²) in [4.78, 5) is 41.9. The molecule has 10 heteroatoms. The van der Waals surface area contributed by atoms with Crippen molar-refractivity contribution in [1.29, 1.82) is 0 Å². The molecule has 0 aliphatic rings. The number of rotatable bonds is 6. The number of pyridine rings is 1. The number of hydrogen-bond acceptors (Lipinski definition) is 7. The Morgan fingerprint density at radius 1 is 1.03 bits per heavy atom. The molecule has 0 fully saturated rings. The molecule has 2 N–H and O–H groups in total.